The Balaban J connectivity index is 1.44. The molecular formula is C16H27N7O3. The highest BCUT2D eigenvalue weighted by Gasteiger charge is 2.37. The molecule has 2 heterocycles. The third-order valence-electron chi connectivity index (χ3n) is 4.86. The van der Waals surface area contributed by atoms with Crippen molar-refractivity contribution in [3.8, 4) is 0 Å². The first-order valence-corrected chi connectivity index (χ1v) is 9.06. The number of hydrazine groups is 1. The third kappa shape index (κ3) is 4.50. The summed E-state index contributed by atoms with van der Waals surface area (Å²) in [6.45, 7) is 3.81. The number of nitrogens with zero attached hydrogens (tertiary/aromatic N) is 3. The molecule has 10 nitrogen and oxygen atoms in total. The molecule has 1 aromatic rings. The van der Waals surface area contributed by atoms with Gasteiger partial charge in [0.2, 0.25) is 0 Å². The summed E-state index contributed by atoms with van der Waals surface area (Å²) in [4.78, 5) is 24.0. The van der Waals surface area contributed by atoms with Crippen LogP contribution in [0.15, 0.2) is 6.20 Å². The molecule has 2 aliphatic rings. The van der Waals surface area contributed by atoms with E-state index in [0.29, 0.717) is 11.6 Å². The number of hydrogen-bond donors (Lipinski definition) is 4. The van der Waals surface area contributed by atoms with Gasteiger partial charge in [-0.1, -0.05) is 5.21 Å². The average Bonchev–Trinajstić information content (AvgIpc) is 3.27. The van der Waals surface area contributed by atoms with E-state index in [1.54, 1.807) is 7.05 Å². The minimum atomic E-state index is -0.349. The van der Waals surface area contributed by atoms with Gasteiger partial charge in [0.05, 0.1) is 12.4 Å². The van der Waals surface area contributed by atoms with E-state index in [0.717, 1.165) is 25.7 Å². The van der Waals surface area contributed by atoms with Crippen LogP contribution >= 0.6 is 0 Å². The van der Waals surface area contributed by atoms with Crippen molar-refractivity contribution in [3.63, 3.8) is 0 Å². The van der Waals surface area contributed by atoms with E-state index in [1.165, 1.54) is 10.9 Å². The normalized spacial score (nSPS) is 28.3. The van der Waals surface area contributed by atoms with Crippen LogP contribution in [0.2, 0.25) is 0 Å². The maximum Gasteiger partial charge on any atom is 0.407 e. The fourth-order valence-electron chi connectivity index (χ4n) is 3.58. The number of ether oxygens (including phenoxy) is 1. The first-order chi connectivity index (χ1) is 12.4. The van der Waals surface area contributed by atoms with E-state index in [9.17, 15) is 9.59 Å². The average molecular weight is 365 g/mol. The number of carbonyl (C=O) groups is 2. The van der Waals surface area contributed by atoms with Crippen LogP contribution < -0.4 is 21.5 Å². The molecule has 10 heteroatoms. The Kier molecular flexibility index (Phi) is 5.72. The summed E-state index contributed by atoms with van der Waals surface area (Å²) >= 11 is 0. The zero-order valence-corrected chi connectivity index (χ0v) is 15.4. The van der Waals surface area contributed by atoms with Crippen molar-refractivity contribution in [2.24, 2.45) is 13.0 Å². The van der Waals surface area contributed by atoms with Gasteiger partial charge in [-0.05, 0) is 45.4 Å². The number of amides is 2. The number of nitrogens with one attached hydrogen (secondary N) is 4. The topological polar surface area (TPSA) is 122 Å². The van der Waals surface area contributed by atoms with Gasteiger partial charge in [0.15, 0.2) is 0 Å². The molecule has 144 valence electrons. The summed E-state index contributed by atoms with van der Waals surface area (Å²) < 4.78 is 6.92. The Morgan fingerprint density at radius 3 is 2.81 bits per heavy atom. The van der Waals surface area contributed by atoms with Crippen LogP contribution in [0.25, 0.3) is 0 Å². The van der Waals surface area contributed by atoms with Crippen LogP contribution in [-0.4, -0.2) is 51.3 Å². The molecule has 2 amide bonds. The SMILES string of the molecule is CC(C)NC(=O)O[C@@H]1CC[C@H](C2CC(NC(=O)c3cnnn3C)NN2)C1. The van der Waals surface area contributed by atoms with Gasteiger partial charge in [-0.2, -0.15) is 0 Å². The molecule has 0 aromatic carbocycles. The lowest BCUT2D eigenvalue weighted by atomic mass is 9.96. The summed E-state index contributed by atoms with van der Waals surface area (Å²) in [6, 6.07) is 0.297. The molecule has 3 rings (SSSR count). The number of hydrogen-bond acceptors (Lipinski definition) is 7. The van der Waals surface area contributed by atoms with Gasteiger partial charge in [-0.3, -0.25) is 10.2 Å². The van der Waals surface area contributed by atoms with Crippen molar-refractivity contribution in [2.75, 3.05) is 0 Å². The highest BCUT2D eigenvalue weighted by molar-refractivity contribution is 5.92. The predicted molar refractivity (Wildman–Crippen MR) is 92.8 cm³/mol. The van der Waals surface area contributed by atoms with Gasteiger partial charge in [0.1, 0.15) is 11.8 Å². The lowest BCUT2D eigenvalue weighted by Gasteiger charge is -2.18. The first-order valence-electron chi connectivity index (χ1n) is 9.06. The number of carbonyl (C=O) groups excluding carboxylic acids is 2. The minimum Gasteiger partial charge on any atom is -0.446 e. The summed E-state index contributed by atoms with van der Waals surface area (Å²) in [5, 5.41) is 13.2. The number of rotatable bonds is 5. The van der Waals surface area contributed by atoms with Gasteiger partial charge in [0, 0.05) is 19.1 Å². The number of aromatic nitrogens is 3. The first kappa shape index (κ1) is 18.6. The smallest absolute Gasteiger partial charge is 0.407 e. The van der Waals surface area contributed by atoms with Crippen molar-refractivity contribution in [1.82, 2.24) is 36.5 Å². The molecule has 4 N–H and O–H groups in total. The summed E-state index contributed by atoms with van der Waals surface area (Å²) in [5.74, 6) is 0.190. The fraction of sp³-hybridized carbons (Fsp3) is 0.750. The zero-order valence-electron chi connectivity index (χ0n) is 15.4. The number of aryl methyl sites for hydroxylation is 1. The van der Waals surface area contributed by atoms with Gasteiger partial charge in [0.25, 0.3) is 5.91 Å². The second kappa shape index (κ2) is 8.00. The summed E-state index contributed by atoms with van der Waals surface area (Å²) in [5.41, 5.74) is 6.80. The van der Waals surface area contributed by atoms with E-state index in [-0.39, 0.29) is 36.4 Å². The molecule has 4 atom stereocenters. The van der Waals surface area contributed by atoms with Crippen molar-refractivity contribution < 1.29 is 14.3 Å². The second-order valence-corrected chi connectivity index (χ2v) is 7.30. The Labute approximate surface area is 152 Å². The highest BCUT2D eigenvalue weighted by atomic mass is 16.6. The molecule has 1 aliphatic heterocycles. The summed E-state index contributed by atoms with van der Waals surface area (Å²) in [6.07, 6.45) is 4.34. The van der Waals surface area contributed by atoms with Gasteiger partial charge < -0.3 is 15.4 Å². The summed E-state index contributed by atoms with van der Waals surface area (Å²) in [7, 11) is 1.68. The van der Waals surface area contributed by atoms with Gasteiger partial charge >= 0.3 is 6.09 Å². The van der Waals surface area contributed by atoms with Crippen LogP contribution in [-0.2, 0) is 11.8 Å². The molecule has 2 fully saturated rings. The Bertz CT molecular complexity index is 648. The molecule has 0 bridgehead atoms. The van der Waals surface area contributed by atoms with Gasteiger partial charge in [-0.25, -0.2) is 14.9 Å². The van der Waals surface area contributed by atoms with E-state index >= 15 is 0 Å². The third-order valence-corrected chi connectivity index (χ3v) is 4.86. The monoisotopic (exact) mass is 365 g/mol. The molecule has 1 saturated heterocycles. The van der Waals surface area contributed by atoms with E-state index < -0.39 is 0 Å². The molecule has 2 unspecified atom stereocenters. The Morgan fingerprint density at radius 2 is 2.12 bits per heavy atom. The molecule has 1 aromatic heterocycles. The van der Waals surface area contributed by atoms with Crippen LogP contribution in [0, 0.1) is 5.92 Å². The lowest BCUT2D eigenvalue weighted by molar-refractivity contribution is 0.0917. The second-order valence-electron chi connectivity index (χ2n) is 7.30. The Morgan fingerprint density at radius 1 is 1.31 bits per heavy atom. The quantitative estimate of drug-likeness (QED) is 0.581. The molecular weight excluding hydrogens is 338 g/mol. The van der Waals surface area contributed by atoms with Crippen LogP contribution in [0.1, 0.15) is 50.0 Å². The molecule has 26 heavy (non-hydrogen) atoms. The zero-order chi connectivity index (χ0) is 18.7. The van der Waals surface area contributed by atoms with Crippen LogP contribution in [0.5, 0.6) is 0 Å². The minimum absolute atomic E-state index is 0.0466. The molecule has 0 spiro atoms. The molecule has 0 radical (unpaired) electrons. The van der Waals surface area contributed by atoms with Crippen molar-refractivity contribution in [3.05, 3.63) is 11.9 Å². The maximum absolute atomic E-state index is 12.2. The molecule has 1 aliphatic carbocycles. The standard InChI is InChI=1S/C16H27N7O3/c1-9(2)18-16(25)26-11-5-4-10(6-11)12-7-14(21-20-12)19-15(24)13-8-17-22-23(13)3/h8-12,14,20-21H,4-7H2,1-3H3,(H,18,25)(H,19,24)/t10-,11+,12?,14?/m0/s1. The van der Waals surface area contributed by atoms with E-state index in [1.807, 2.05) is 13.8 Å². The molecule has 1 saturated carbocycles. The lowest BCUT2D eigenvalue weighted by Crippen LogP contribution is -2.45. The maximum atomic E-state index is 12.2. The van der Waals surface area contributed by atoms with E-state index in [2.05, 4.69) is 31.8 Å². The van der Waals surface area contributed by atoms with Crippen molar-refractivity contribution in [1.29, 1.82) is 0 Å². The largest absolute Gasteiger partial charge is 0.446 e. The predicted octanol–water partition coefficient (Wildman–Crippen LogP) is 0.0408. The van der Waals surface area contributed by atoms with Crippen LogP contribution in [0.4, 0.5) is 4.79 Å². The Hall–Kier alpha value is -2.20. The van der Waals surface area contributed by atoms with Crippen molar-refractivity contribution >= 4 is 12.0 Å². The fourth-order valence-corrected chi connectivity index (χ4v) is 3.58. The number of alkyl carbamates (subject to hydrolysis) is 1. The van der Waals surface area contributed by atoms with Crippen molar-refractivity contribution in [2.45, 2.75) is 63.9 Å². The highest BCUT2D eigenvalue weighted by Crippen LogP contribution is 2.32. The van der Waals surface area contributed by atoms with E-state index in [4.69, 9.17) is 4.74 Å². The van der Waals surface area contributed by atoms with Gasteiger partial charge in [-0.15, -0.1) is 5.10 Å². The van der Waals surface area contributed by atoms with Crippen LogP contribution in [0.3, 0.4) is 0 Å².